The van der Waals surface area contributed by atoms with Crippen LogP contribution < -0.4 is 0 Å². The second-order valence-corrected chi connectivity index (χ2v) is 3.71. The zero-order valence-corrected chi connectivity index (χ0v) is 8.24. The van der Waals surface area contributed by atoms with Crippen molar-refractivity contribution in [1.82, 2.24) is 9.97 Å². The van der Waals surface area contributed by atoms with E-state index in [1.807, 2.05) is 0 Å². The summed E-state index contributed by atoms with van der Waals surface area (Å²) in [6, 6.07) is 0. The van der Waals surface area contributed by atoms with Crippen LogP contribution in [-0.2, 0) is 16.8 Å². The number of aliphatic hydroxyl groups is 1. The number of carbonyl (C=O) groups is 1. The van der Waals surface area contributed by atoms with Gasteiger partial charge in [0.1, 0.15) is 11.4 Å². The molecule has 0 saturated heterocycles. The normalized spacial score (nSPS) is 11.6. The molecule has 0 unspecified atom stereocenters. The Morgan fingerprint density at radius 2 is 2.29 bits per heavy atom. The lowest BCUT2D eigenvalue weighted by atomic mass is 10.1. The maximum Gasteiger partial charge on any atom is 0.303 e. The van der Waals surface area contributed by atoms with Crippen LogP contribution in [0, 0.1) is 0 Å². The number of aromatic nitrogens is 2. The summed E-state index contributed by atoms with van der Waals surface area (Å²) >= 11 is 0. The van der Waals surface area contributed by atoms with Crippen molar-refractivity contribution in [2.24, 2.45) is 0 Å². The highest BCUT2D eigenvalue weighted by molar-refractivity contribution is 5.66. The van der Waals surface area contributed by atoms with Gasteiger partial charge in [-0.15, -0.1) is 0 Å². The van der Waals surface area contributed by atoms with E-state index in [4.69, 9.17) is 5.11 Å². The Labute approximate surface area is 81.8 Å². The molecular weight excluding hydrogens is 184 g/mol. The molecule has 0 amide bonds. The summed E-state index contributed by atoms with van der Waals surface area (Å²) in [7, 11) is 0. The zero-order valence-electron chi connectivity index (χ0n) is 8.24. The van der Waals surface area contributed by atoms with Crippen LogP contribution in [0.4, 0.5) is 0 Å². The molecule has 5 nitrogen and oxygen atoms in total. The van der Waals surface area contributed by atoms with Crippen molar-refractivity contribution in [3.8, 4) is 0 Å². The van der Waals surface area contributed by atoms with Crippen molar-refractivity contribution in [2.75, 3.05) is 0 Å². The molecule has 0 saturated carbocycles. The minimum Gasteiger partial charge on any atom is -0.481 e. The molecule has 0 radical (unpaired) electrons. The van der Waals surface area contributed by atoms with Gasteiger partial charge in [-0.3, -0.25) is 4.79 Å². The number of carboxylic acid groups (broad SMARTS) is 1. The minimum absolute atomic E-state index is 0.0630. The van der Waals surface area contributed by atoms with Gasteiger partial charge in [0, 0.05) is 11.9 Å². The van der Waals surface area contributed by atoms with Crippen molar-refractivity contribution in [3.63, 3.8) is 0 Å². The second kappa shape index (κ2) is 3.79. The van der Waals surface area contributed by atoms with Gasteiger partial charge in [0.25, 0.3) is 0 Å². The number of hydrogen-bond donors (Lipinski definition) is 3. The van der Waals surface area contributed by atoms with Crippen LogP contribution in [-0.4, -0.2) is 26.2 Å². The molecule has 0 atom stereocenters. The maximum atomic E-state index is 10.3. The highest BCUT2D eigenvalue weighted by Gasteiger charge is 2.19. The average Bonchev–Trinajstić information content (AvgIpc) is 2.47. The summed E-state index contributed by atoms with van der Waals surface area (Å²) < 4.78 is 0. The van der Waals surface area contributed by atoms with Gasteiger partial charge < -0.3 is 15.2 Å². The molecule has 1 heterocycles. The summed E-state index contributed by atoms with van der Waals surface area (Å²) in [6.07, 6.45) is 2.02. The van der Waals surface area contributed by atoms with E-state index in [1.54, 1.807) is 20.0 Å². The molecule has 0 fully saturated rings. The third-order valence-electron chi connectivity index (χ3n) is 1.82. The van der Waals surface area contributed by atoms with E-state index in [-0.39, 0.29) is 6.42 Å². The van der Waals surface area contributed by atoms with Gasteiger partial charge in [-0.2, -0.15) is 0 Å². The smallest absolute Gasteiger partial charge is 0.303 e. The molecule has 0 bridgehead atoms. The van der Waals surface area contributed by atoms with Gasteiger partial charge in [0.2, 0.25) is 0 Å². The van der Waals surface area contributed by atoms with Crippen molar-refractivity contribution in [1.29, 1.82) is 0 Å². The van der Waals surface area contributed by atoms with Crippen LogP contribution >= 0.6 is 0 Å². The number of nitrogens with one attached hydrogen (secondary N) is 1. The van der Waals surface area contributed by atoms with Gasteiger partial charge in [-0.1, -0.05) is 0 Å². The number of rotatable bonds is 4. The van der Waals surface area contributed by atoms with Crippen LogP contribution in [0.3, 0.4) is 0 Å². The average molecular weight is 198 g/mol. The summed E-state index contributed by atoms with van der Waals surface area (Å²) in [5.41, 5.74) is -0.286. The number of aliphatic carboxylic acids is 1. The molecule has 0 aliphatic rings. The molecule has 1 rings (SSSR count). The van der Waals surface area contributed by atoms with Gasteiger partial charge in [-0.05, 0) is 20.3 Å². The predicted octanol–water partition coefficient (Wildman–Crippen LogP) is 0.654. The fraction of sp³-hybridized carbons (Fsp3) is 0.556. The summed E-state index contributed by atoms with van der Waals surface area (Å²) in [6.45, 7) is 3.24. The largest absolute Gasteiger partial charge is 0.481 e. The van der Waals surface area contributed by atoms with Crippen LogP contribution in [0.1, 0.15) is 31.8 Å². The fourth-order valence-electron chi connectivity index (χ4n) is 1.04. The van der Waals surface area contributed by atoms with E-state index in [9.17, 15) is 9.90 Å². The lowest BCUT2D eigenvalue weighted by molar-refractivity contribution is -0.136. The SMILES string of the molecule is CC(C)(O)c1ncc(CCC(=O)O)[nH]1. The number of aromatic amines is 1. The number of carboxylic acids is 1. The first kappa shape index (κ1) is 10.7. The molecule has 0 aliphatic carbocycles. The van der Waals surface area contributed by atoms with Gasteiger partial charge in [0.15, 0.2) is 0 Å². The molecule has 0 aliphatic heterocycles. The van der Waals surface area contributed by atoms with Crippen molar-refractivity contribution < 1.29 is 15.0 Å². The second-order valence-electron chi connectivity index (χ2n) is 3.71. The Kier molecular flexibility index (Phi) is 2.90. The van der Waals surface area contributed by atoms with E-state index < -0.39 is 11.6 Å². The number of imidazole rings is 1. The summed E-state index contributed by atoms with van der Waals surface area (Å²) in [5, 5.41) is 18.0. The summed E-state index contributed by atoms with van der Waals surface area (Å²) in [5.74, 6) is -0.387. The topological polar surface area (TPSA) is 86.2 Å². The Balaban J connectivity index is 2.64. The molecule has 0 spiro atoms. The molecule has 1 aromatic heterocycles. The molecule has 5 heteroatoms. The lowest BCUT2D eigenvalue weighted by Gasteiger charge is -2.12. The van der Waals surface area contributed by atoms with Gasteiger partial charge in [0.05, 0.1) is 6.42 Å². The van der Waals surface area contributed by atoms with E-state index in [0.29, 0.717) is 12.2 Å². The van der Waals surface area contributed by atoms with Crippen LogP contribution in [0.15, 0.2) is 6.20 Å². The molecule has 78 valence electrons. The summed E-state index contributed by atoms with van der Waals surface area (Å²) in [4.78, 5) is 17.1. The van der Waals surface area contributed by atoms with Crippen molar-refractivity contribution >= 4 is 5.97 Å². The first-order chi connectivity index (χ1) is 6.39. The van der Waals surface area contributed by atoms with E-state index in [2.05, 4.69) is 9.97 Å². The monoisotopic (exact) mass is 198 g/mol. The van der Waals surface area contributed by atoms with Gasteiger partial charge >= 0.3 is 5.97 Å². The molecule has 14 heavy (non-hydrogen) atoms. The lowest BCUT2D eigenvalue weighted by Crippen LogP contribution is -2.17. The number of nitrogens with zero attached hydrogens (tertiary/aromatic N) is 1. The predicted molar refractivity (Wildman–Crippen MR) is 49.8 cm³/mol. The zero-order chi connectivity index (χ0) is 10.8. The maximum absolute atomic E-state index is 10.3. The van der Waals surface area contributed by atoms with Crippen LogP contribution in [0.5, 0.6) is 0 Å². The van der Waals surface area contributed by atoms with Crippen LogP contribution in [0.25, 0.3) is 0 Å². The first-order valence-electron chi connectivity index (χ1n) is 4.38. The Morgan fingerprint density at radius 3 is 2.71 bits per heavy atom. The minimum atomic E-state index is -1.01. The molecule has 0 aromatic carbocycles. The molecular formula is C9H14N2O3. The van der Waals surface area contributed by atoms with Gasteiger partial charge in [-0.25, -0.2) is 4.98 Å². The first-order valence-corrected chi connectivity index (χ1v) is 4.38. The Hall–Kier alpha value is -1.36. The number of aryl methyl sites for hydroxylation is 1. The Bertz CT molecular complexity index is 325. The van der Waals surface area contributed by atoms with Crippen LogP contribution in [0.2, 0.25) is 0 Å². The highest BCUT2D eigenvalue weighted by atomic mass is 16.4. The van der Waals surface area contributed by atoms with E-state index >= 15 is 0 Å². The third-order valence-corrected chi connectivity index (χ3v) is 1.82. The number of H-pyrrole nitrogens is 1. The quantitative estimate of drug-likeness (QED) is 0.663. The third kappa shape index (κ3) is 2.85. The highest BCUT2D eigenvalue weighted by Crippen LogP contribution is 2.15. The molecule has 1 aromatic rings. The standard InChI is InChI=1S/C9H14N2O3/c1-9(2,14)8-10-5-6(11-8)3-4-7(12)13/h5,14H,3-4H2,1-2H3,(H,10,11)(H,12,13). The van der Waals surface area contributed by atoms with E-state index in [1.165, 1.54) is 0 Å². The number of hydrogen-bond acceptors (Lipinski definition) is 3. The van der Waals surface area contributed by atoms with Crippen molar-refractivity contribution in [3.05, 3.63) is 17.7 Å². The van der Waals surface area contributed by atoms with E-state index in [0.717, 1.165) is 5.69 Å². The fourth-order valence-corrected chi connectivity index (χ4v) is 1.04. The van der Waals surface area contributed by atoms with Crippen molar-refractivity contribution in [2.45, 2.75) is 32.3 Å². The Morgan fingerprint density at radius 1 is 1.64 bits per heavy atom. The molecule has 3 N–H and O–H groups in total.